The van der Waals surface area contributed by atoms with Gasteiger partial charge in [-0.15, -0.1) is 0 Å². The van der Waals surface area contributed by atoms with Crippen LogP contribution in [0, 0.1) is 17.0 Å². The highest BCUT2D eigenvalue weighted by Crippen LogP contribution is 2.24. The zero-order valence-electron chi connectivity index (χ0n) is 11.3. The van der Waals surface area contributed by atoms with Gasteiger partial charge in [-0.3, -0.25) is 14.9 Å². The van der Waals surface area contributed by atoms with Gasteiger partial charge in [-0.25, -0.2) is 0 Å². The molecule has 1 atom stereocenters. The molecule has 6 heteroatoms. The number of aryl methyl sites for hydroxylation is 1. The van der Waals surface area contributed by atoms with Crippen LogP contribution in [0.4, 0.5) is 5.69 Å². The van der Waals surface area contributed by atoms with Gasteiger partial charge in [-0.05, 0) is 31.7 Å². The Morgan fingerprint density at radius 2 is 2.25 bits per heavy atom. The smallest absolute Gasteiger partial charge is 0.270 e. The van der Waals surface area contributed by atoms with Gasteiger partial charge in [-0.1, -0.05) is 22.0 Å². The first-order valence-electron chi connectivity index (χ1n) is 6.66. The quantitative estimate of drug-likeness (QED) is 0.481. The molecule has 1 aliphatic rings. The van der Waals surface area contributed by atoms with E-state index < -0.39 is 4.92 Å². The molecule has 1 unspecified atom stereocenters. The number of nitro groups is 1. The second-order valence-electron chi connectivity index (χ2n) is 5.06. The number of nitro benzene ring substituents is 1. The van der Waals surface area contributed by atoms with Crippen molar-refractivity contribution >= 4 is 27.5 Å². The Morgan fingerprint density at radius 1 is 1.50 bits per heavy atom. The van der Waals surface area contributed by atoms with E-state index in [-0.39, 0.29) is 17.6 Å². The van der Waals surface area contributed by atoms with E-state index in [0.717, 1.165) is 36.7 Å². The van der Waals surface area contributed by atoms with Crippen LogP contribution in [-0.2, 0) is 0 Å². The van der Waals surface area contributed by atoms with Crippen molar-refractivity contribution in [2.45, 2.75) is 32.2 Å². The predicted molar refractivity (Wildman–Crippen MR) is 80.3 cm³/mol. The van der Waals surface area contributed by atoms with E-state index >= 15 is 0 Å². The molecule has 1 saturated heterocycles. The maximum Gasteiger partial charge on any atom is 0.270 e. The van der Waals surface area contributed by atoms with Crippen molar-refractivity contribution in [1.29, 1.82) is 0 Å². The summed E-state index contributed by atoms with van der Waals surface area (Å²) in [6.45, 7) is 2.53. The van der Waals surface area contributed by atoms with Crippen LogP contribution in [0.5, 0.6) is 0 Å². The van der Waals surface area contributed by atoms with Crippen LogP contribution >= 0.6 is 15.9 Å². The Hall–Kier alpha value is -1.43. The first-order chi connectivity index (χ1) is 9.54. The lowest BCUT2D eigenvalue weighted by Crippen LogP contribution is -2.44. The molecule has 1 aromatic rings. The molecule has 0 saturated carbocycles. The number of benzene rings is 1. The Kier molecular flexibility index (Phi) is 4.75. The standard InChI is InChI=1S/C14H17BrN2O3/c1-10-5-6-11(17(19)20)8-13(10)14(18)16-7-3-2-4-12(16)9-15/h5-6,8,12H,2-4,7,9H2,1H3. The molecule has 20 heavy (non-hydrogen) atoms. The van der Waals surface area contributed by atoms with Crippen LogP contribution in [0.25, 0.3) is 0 Å². The summed E-state index contributed by atoms with van der Waals surface area (Å²) in [6.07, 6.45) is 3.09. The van der Waals surface area contributed by atoms with E-state index in [1.165, 1.54) is 12.1 Å². The fourth-order valence-electron chi connectivity index (χ4n) is 2.54. The first-order valence-corrected chi connectivity index (χ1v) is 7.78. The number of carbonyl (C=O) groups excluding carboxylic acids is 1. The van der Waals surface area contributed by atoms with Crippen molar-refractivity contribution in [3.8, 4) is 0 Å². The number of hydrogen-bond donors (Lipinski definition) is 0. The molecule has 108 valence electrons. The monoisotopic (exact) mass is 340 g/mol. The molecular weight excluding hydrogens is 324 g/mol. The summed E-state index contributed by atoms with van der Waals surface area (Å²) in [7, 11) is 0. The van der Waals surface area contributed by atoms with Crippen LogP contribution in [0.1, 0.15) is 35.2 Å². The van der Waals surface area contributed by atoms with Gasteiger partial charge in [0.1, 0.15) is 0 Å². The van der Waals surface area contributed by atoms with Gasteiger partial charge in [0, 0.05) is 35.6 Å². The number of halogens is 1. The highest BCUT2D eigenvalue weighted by molar-refractivity contribution is 9.09. The number of non-ortho nitro benzene ring substituents is 1. The fraction of sp³-hybridized carbons (Fsp3) is 0.500. The SMILES string of the molecule is Cc1ccc([N+](=O)[O-])cc1C(=O)N1CCCCC1CBr. The molecule has 5 nitrogen and oxygen atoms in total. The van der Waals surface area contributed by atoms with Crippen molar-refractivity contribution in [3.05, 3.63) is 39.4 Å². The summed E-state index contributed by atoms with van der Waals surface area (Å²) < 4.78 is 0. The van der Waals surface area contributed by atoms with E-state index in [0.29, 0.717) is 5.56 Å². The highest BCUT2D eigenvalue weighted by Gasteiger charge is 2.28. The number of hydrogen-bond acceptors (Lipinski definition) is 3. The number of nitrogens with zero attached hydrogens (tertiary/aromatic N) is 2. The maximum atomic E-state index is 12.6. The predicted octanol–water partition coefficient (Wildman–Crippen LogP) is 3.29. The van der Waals surface area contributed by atoms with Crippen molar-refractivity contribution in [2.75, 3.05) is 11.9 Å². The van der Waals surface area contributed by atoms with E-state index in [2.05, 4.69) is 15.9 Å². The number of piperidine rings is 1. The molecule has 1 fully saturated rings. The average Bonchev–Trinajstić information content (AvgIpc) is 2.46. The fourth-order valence-corrected chi connectivity index (χ4v) is 3.21. The number of alkyl halides is 1. The second kappa shape index (κ2) is 6.35. The maximum absolute atomic E-state index is 12.6. The topological polar surface area (TPSA) is 63.5 Å². The molecule has 0 N–H and O–H groups in total. The minimum absolute atomic E-state index is 0.0358. The van der Waals surface area contributed by atoms with Gasteiger partial charge in [-0.2, -0.15) is 0 Å². The van der Waals surface area contributed by atoms with Crippen LogP contribution < -0.4 is 0 Å². The number of likely N-dealkylation sites (tertiary alicyclic amines) is 1. The van der Waals surface area contributed by atoms with Crippen molar-refractivity contribution in [1.82, 2.24) is 4.90 Å². The molecule has 0 bridgehead atoms. The average molecular weight is 341 g/mol. The molecule has 0 aromatic heterocycles. The largest absolute Gasteiger partial charge is 0.335 e. The third-order valence-electron chi connectivity index (χ3n) is 3.73. The second-order valence-corrected chi connectivity index (χ2v) is 5.71. The van der Waals surface area contributed by atoms with Crippen LogP contribution in [0.15, 0.2) is 18.2 Å². The molecule has 1 aliphatic heterocycles. The first kappa shape index (κ1) is 15.0. The minimum Gasteiger partial charge on any atom is -0.335 e. The van der Waals surface area contributed by atoms with Gasteiger partial charge in [0.05, 0.1) is 4.92 Å². The van der Waals surface area contributed by atoms with Crippen LogP contribution in [-0.4, -0.2) is 33.6 Å². The number of amides is 1. The molecule has 1 aromatic carbocycles. The van der Waals surface area contributed by atoms with E-state index in [4.69, 9.17) is 0 Å². The van der Waals surface area contributed by atoms with Gasteiger partial charge < -0.3 is 4.90 Å². The Balaban J connectivity index is 2.32. The van der Waals surface area contributed by atoms with E-state index in [1.807, 2.05) is 11.8 Å². The Labute approximate surface area is 126 Å². The molecule has 2 rings (SSSR count). The van der Waals surface area contributed by atoms with E-state index in [9.17, 15) is 14.9 Å². The lowest BCUT2D eigenvalue weighted by molar-refractivity contribution is -0.384. The van der Waals surface area contributed by atoms with Gasteiger partial charge in [0.25, 0.3) is 11.6 Å². The van der Waals surface area contributed by atoms with Crippen LogP contribution in [0.2, 0.25) is 0 Å². The Bertz CT molecular complexity index is 533. The normalized spacial score (nSPS) is 18.9. The van der Waals surface area contributed by atoms with Gasteiger partial charge in [0.15, 0.2) is 0 Å². The summed E-state index contributed by atoms with van der Waals surface area (Å²) in [4.78, 5) is 24.9. The van der Waals surface area contributed by atoms with E-state index in [1.54, 1.807) is 6.07 Å². The zero-order valence-corrected chi connectivity index (χ0v) is 12.9. The summed E-state index contributed by atoms with van der Waals surface area (Å²) in [6, 6.07) is 4.63. The van der Waals surface area contributed by atoms with Crippen molar-refractivity contribution in [3.63, 3.8) is 0 Å². The lowest BCUT2D eigenvalue weighted by atomic mass is 10.0. The van der Waals surface area contributed by atoms with Crippen molar-refractivity contribution in [2.24, 2.45) is 0 Å². The Morgan fingerprint density at radius 3 is 2.90 bits per heavy atom. The summed E-state index contributed by atoms with van der Waals surface area (Å²) in [5.74, 6) is -0.102. The summed E-state index contributed by atoms with van der Waals surface area (Å²) >= 11 is 3.45. The third-order valence-corrected chi connectivity index (χ3v) is 4.48. The molecule has 0 spiro atoms. The molecule has 0 aliphatic carbocycles. The molecular formula is C14H17BrN2O3. The molecule has 1 heterocycles. The number of rotatable bonds is 3. The molecule has 1 amide bonds. The minimum atomic E-state index is -0.464. The third kappa shape index (κ3) is 3.00. The highest BCUT2D eigenvalue weighted by atomic mass is 79.9. The lowest BCUT2D eigenvalue weighted by Gasteiger charge is -2.35. The summed E-state index contributed by atoms with van der Waals surface area (Å²) in [5, 5.41) is 11.6. The van der Waals surface area contributed by atoms with Gasteiger partial charge >= 0.3 is 0 Å². The van der Waals surface area contributed by atoms with Crippen LogP contribution in [0.3, 0.4) is 0 Å². The zero-order chi connectivity index (χ0) is 14.7. The molecule has 0 radical (unpaired) electrons. The summed E-state index contributed by atoms with van der Waals surface area (Å²) in [5.41, 5.74) is 1.18. The van der Waals surface area contributed by atoms with Crippen molar-refractivity contribution < 1.29 is 9.72 Å². The van der Waals surface area contributed by atoms with Gasteiger partial charge in [0.2, 0.25) is 0 Å². The number of carbonyl (C=O) groups is 1.